The lowest BCUT2D eigenvalue weighted by molar-refractivity contribution is 0.0600. The van der Waals surface area contributed by atoms with Gasteiger partial charge in [-0.3, -0.25) is 0 Å². The number of hydrogen-bond donors (Lipinski definition) is 0. The highest BCUT2D eigenvalue weighted by atomic mass is 35.5. The molecular formula is C16H15ClO2S. The van der Waals surface area contributed by atoms with Crippen LogP contribution < -0.4 is 0 Å². The largest absolute Gasteiger partial charge is 0.465 e. The molecule has 0 bridgehead atoms. The Morgan fingerprint density at radius 2 is 1.90 bits per heavy atom. The maximum absolute atomic E-state index is 11.4. The van der Waals surface area contributed by atoms with Crippen molar-refractivity contribution in [2.45, 2.75) is 23.1 Å². The number of carbonyl (C=O) groups is 1. The van der Waals surface area contributed by atoms with Crippen LogP contribution in [0.5, 0.6) is 0 Å². The first kappa shape index (κ1) is 14.9. The van der Waals surface area contributed by atoms with Gasteiger partial charge < -0.3 is 4.74 Å². The first-order valence-electron chi connectivity index (χ1n) is 6.28. The molecule has 0 saturated carbocycles. The average Bonchev–Trinajstić information content (AvgIpc) is 2.49. The molecular weight excluding hydrogens is 292 g/mol. The van der Waals surface area contributed by atoms with E-state index in [2.05, 4.69) is 17.7 Å². The van der Waals surface area contributed by atoms with Gasteiger partial charge >= 0.3 is 5.97 Å². The molecule has 0 unspecified atom stereocenters. The van der Waals surface area contributed by atoms with Crippen molar-refractivity contribution in [3.8, 4) is 0 Å². The molecule has 0 fully saturated rings. The number of aryl methyl sites for hydroxylation is 1. The molecule has 2 aromatic carbocycles. The average molecular weight is 307 g/mol. The first-order chi connectivity index (χ1) is 9.63. The van der Waals surface area contributed by atoms with Crippen LogP contribution in [0.4, 0.5) is 0 Å². The fraction of sp³-hybridized carbons (Fsp3) is 0.188. The minimum atomic E-state index is -0.327. The molecule has 0 aliphatic rings. The molecule has 0 radical (unpaired) electrons. The summed E-state index contributed by atoms with van der Waals surface area (Å²) in [6.45, 7) is 2.10. The predicted molar refractivity (Wildman–Crippen MR) is 82.7 cm³/mol. The third kappa shape index (κ3) is 3.56. The zero-order valence-electron chi connectivity index (χ0n) is 11.4. The van der Waals surface area contributed by atoms with Crippen LogP contribution in [0.3, 0.4) is 0 Å². The highest BCUT2D eigenvalue weighted by Gasteiger charge is 2.07. The molecule has 20 heavy (non-hydrogen) atoms. The lowest BCUT2D eigenvalue weighted by atomic mass is 10.2. The Kier molecular flexibility index (Phi) is 5.10. The van der Waals surface area contributed by atoms with E-state index in [9.17, 15) is 4.79 Å². The summed E-state index contributed by atoms with van der Waals surface area (Å²) in [5.41, 5.74) is 1.77. The van der Waals surface area contributed by atoms with E-state index in [0.717, 1.165) is 21.2 Å². The first-order valence-corrected chi connectivity index (χ1v) is 7.48. The van der Waals surface area contributed by atoms with Crippen molar-refractivity contribution in [2.75, 3.05) is 7.11 Å². The monoisotopic (exact) mass is 306 g/mol. The van der Waals surface area contributed by atoms with Gasteiger partial charge in [-0.2, -0.15) is 0 Å². The molecule has 4 heteroatoms. The van der Waals surface area contributed by atoms with Crippen molar-refractivity contribution in [1.29, 1.82) is 0 Å². The smallest absolute Gasteiger partial charge is 0.337 e. The van der Waals surface area contributed by atoms with Crippen LogP contribution in [-0.2, 0) is 11.2 Å². The Morgan fingerprint density at radius 3 is 2.45 bits per heavy atom. The number of rotatable bonds is 4. The summed E-state index contributed by atoms with van der Waals surface area (Å²) in [4.78, 5) is 13.4. The lowest BCUT2D eigenvalue weighted by Crippen LogP contribution is -2.00. The Hall–Kier alpha value is -1.45. The van der Waals surface area contributed by atoms with Gasteiger partial charge in [-0.1, -0.05) is 36.4 Å². The zero-order valence-corrected chi connectivity index (χ0v) is 12.9. The van der Waals surface area contributed by atoms with E-state index < -0.39 is 0 Å². The van der Waals surface area contributed by atoms with Gasteiger partial charge in [-0.25, -0.2) is 4.79 Å². The number of halogens is 1. The normalized spacial score (nSPS) is 10.3. The minimum absolute atomic E-state index is 0.327. The van der Waals surface area contributed by atoms with Crippen LogP contribution >= 0.6 is 23.4 Å². The molecule has 0 aliphatic heterocycles. The lowest BCUT2D eigenvalue weighted by Gasteiger charge is -2.06. The molecule has 0 aromatic heterocycles. The van der Waals surface area contributed by atoms with Crippen molar-refractivity contribution in [3.05, 3.63) is 58.6 Å². The van der Waals surface area contributed by atoms with E-state index >= 15 is 0 Å². The van der Waals surface area contributed by atoms with Crippen LogP contribution in [0.25, 0.3) is 0 Å². The fourth-order valence-electron chi connectivity index (χ4n) is 1.75. The van der Waals surface area contributed by atoms with Crippen LogP contribution in [-0.4, -0.2) is 13.1 Å². The summed E-state index contributed by atoms with van der Waals surface area (Å²) in [6.07, 6.45) is 0.971. The third-order valence-electron chi connectivity index (χ3n) is 2.91. The second-order valence-corrected chi connectivity index (χ2v) is 5.76. The molecule has 2 nitrogen and oxygen atoms in total. The van der Waals surface area contributed by atoms with Gasteiger partial charge in [-0.05, 0) is 48.4 Å². The van der Waals surface area contributed by atoms with Gasteiger partial charge in [0.2, 0.25) is 0 Å². The van der Waals surface area contributed by atoms with E-state index in [1.54, 1.807) is 23.9 Å². The Balaban J connectivity index is 2.16. The minimum Gasteiger partial charge on any atom is -0.465 e. The third-order valence-corrected chi connectivity index (χ3v) is 4.42. The Bertz CT molecular complexity index is 608. The predicted octanol–water partition coefficient (Wildman–Crippen LogP) is 4.84. The van der Waals surface area contributed by atoms with Crippen LogP contribution in [0, 0.1) is 0 Å². The summed E-state index contributed by atoms with van der Waals surface area (Å²) in [7, 11) is 1.38. The van der Waals surface area contributed by atoms with Gasteiger partial charge in [0.05, 0.1) is 17.7 Å². The van der Waals surface area contributed by atoms with E-state index in [-0.39, 0.29) is 5.97 Å². The highest BCUT2D eigenvalue weighted by Crippen LogP contribution is 2.34. The second kappa shape index (κ2) is 6.82. The highest BCUT2D eigenvalue weighted by molar-refractivity contribution is 7.99. The number of benzene rings is 2. The van der Waals surface area contributed by atoms with Gasteiger partial charge in [-0.15, -0.1) is 0 Å². The van der Waals surface area contributed by atoms with E-state index in [1.807, 2.05) is 24.3 Å². The maximum Gasteiger partial charge on any atom is 0.337 e. The molecule has 0 N–H and O–H groups in total. The summed E-state index contributed by atoms with van der Waals surface area (Å²) >= 11 is 7.84. The van der Waals surface area contributed by atoms with Crippen LogP contribution in [0.2, 0.25) is 5.02 Å². The Labute approximate surface area is 128 Å². The molecule has 2 aromatic rings. The molecule has 0 saturated heterocycles. The standard InChI is InChI=1S/C16H15ClO2S/c1-3-11-4-9-15(14(17)10-11)20-13-7-5-12(6-8-13)16(18)19-2/h4-10H,3H2,1-2H3. The number of ether oxygens (including phenoxy) is 1. The van der Waals surface area contributed by atoms with E-state index in [0.29, 0.717) is 5.56 Å². The molecule has 0 amide bonds. The van der Waals surface area contributed by atoms with Crippen LogP contribution in [0.1, 0.15) is 22.8 Å². The Morgan fingerprint density at radius 1 is 1.20 bits per heavy atom. The molecule has 0 spiro atoms. The summed E-state index contributed by atoms with van der Waals surface area (Å²) in [5.74, 6) is -0.327. The van der Waals surface area contributed by atoms with Crippen molar-refractivity contribution in [3.63, 3.8) is 0 Å². The zero-order chi connectivity index (χ0) is 14.5. The summed E-state index contributed by atoms with van der Waals surface area (Å²) in [6, 6.07) is 13.4. The van der Waals surface area contributed by atoms with Gasteiger partial charge in [0.1, 0.15) is 0 Å². The van der Waals surface area contributed by atoms with Crippen molar-refractivity contribution >= 4 is 29.3 Å². The fourth-order valence-corrected chi connectivity index (χ4v) is 2.89. The maximum atomic E-state index is 11.4. The number of hydrogen-bond acceptors (Lipinski definition) is 3. The van der Waals surface area contributed by atoms with Gasteiger partial charge in [0.15, 0.2) is 0 Å². The molecule has 104 valence electrons. The molecule has 2 rings (SSSR count). The SMILES string of the molecule is CCc1ccc(Sc2ccc(C(=O)OC)cc2)c(Cl)c1. The van der Waals surface area contributed by atoms with Crippen molar-refractivity contribution in [1.82, 2.24) is 0 Å². The van der Waals surface area contributed by atoms with Crippen LogP contribution in [0.15, 0.2) is 52.3 Å². The number of esters is 1. The molecule has 0 heterocycles. The van der Waals surface area contributed by atoms with E-state index in [1.165, 1.54) is 12.7 Å². The second-order valence-electron chi connectivity index (χ2n) is 4.24. The number of methoxy groups -OCH3 is 1. The molecule has 0 atom stereocenters. The summed E-state index contributed by atoms with van der Waals surface area (Å²) in [5, 5.41) is 0.756. The van der Waals surface area contributed by atoms with Crippen molar-refractivity contribution in [2.24, 2.45) is 0 Å². The quantitative estimate of drug-likeness (QED) is 0.756. The summed E-state index contributed by atoms with van der Waals surface area (Å²) < 4.78 is 4.67. The van der Waals surface area contributed by atoms with Crippen molar-refractivity contribution < 1.29 is 9.53 Å². The van der Waals surface area contributed by atoms with Gasteiger partial charge in [0.25, 0.3) is 0 Å². The topological polar surface area (TPSA) is 26.3 Å². The van der Waals surface area contributed by atoms with Gasteiger partial charge in [0, 0.05) is 9.79 Å². The number of carbonyl (C=O) groups excluding carboxylic acids is 1. The molecule has 0 aliphatic carbocycles. The van der Waals surface area contributed by atoms with E-state index in [4.69, 9.17) is 11.6 Å².